The predicted molar refractivity (Wildman–Crippen MR) is 131 cm³/mol. The maximum absolute atomic E-state index is 13.0. The Balaban J connectivity index is 1.16. The number of amides is 1. The van der Waals surface area contributed by atoms with Gasteiger partial charge in [-0.3, -0.25) is 9.79 Å². The lowest BCUT2D eigenvalue weighted by Crippen LogP contribution is -2.48. The number of thioether (sulfide) groups is 1. The minimum Gasteiger partial charge on any atom is -0.368 e. The van der Waals surface area contributed by atoms with Gasteiger partial charge in [-0.25, -0.2) is 8.42 Å². The van der Waals surface area contributed by atoms with E-state index in [1.165, 1.54) is 17.8 Å². The van der Waals surface area contributed by atoms with Gasteiger partial charge in [0, 0.05) is 48.4 Å². The lowest BCUT2D eigenvalue weighted by atomic mass is 10.1. The fraction of sp³-hybridized carbons (Fsp3) is 0.391. The van der Waals surface area contributed by atoms with Crippen molar-refractivity contribution in [3.63, 3.8) is 0 Å². The molecule has 3 aliphatic rings. The van der Waals surface area contributed by atoms with Crippen LogP contribution in [-0.4, -0.2) is 73.4 Å². The van der Waals surface area contributed by atoms with Crippen molar-refractivity contribution < 1.29 is 26.4 Å². The summed E-state index contributed by atoms with van der Waals surface area (Å²) in [5.74, 6) is 0.100. The summed E-state index contributed by atoms with van der Waals surface area (Å²) in [5.41, 5.74) is 1.09. The molecule has 3 heterocycles. The summed E-state index contributed by atoms with van der Waals surface area (Å²) >= 11 is 1.43. The Morgan fingerprint density at radius 3 is 2.40 bits per heavy atom. The first-order valence-electron chi connectivity index (χ1n) is 11.1. The van der Waals surface area contributed by atoms with Crippen LogP contribution >= 0.6 is 11.8 Å². The SMILES string of the molecule is O=C(c1ccc(NC2=N[C@@H]3CS(=O)(=O)C[C@@H]3S2)cc1)N1CCN(c2cccc(C(F)(F)F)c2)CC1. The largest absolute Gasteiger partial charge is 0.416 e. The molecule has 0 saturated carbocycles. The molecule has 35 heavy (non-hydrogen) atoms. The highest BCUT2D eigenvalue weighted by Gasteiger charge is 2.42. The molecule has 1 N–H and O–H groups in total. The van der Waals surface area contributed by atoms with Gasteiger partial charge in [0.25, 0.3) is 5.91 Å². The van der Waals surface area contributed by atoms with Gasteiger partial charge in [-0.05, 0) is 42.5 Å². The number of carbonyl (C=O) groups is 1. The number of aliphatic imine (C=N–C) groups is 1. The maximum Gasteiger partial charge on any atom is 0.416 e. The monoisotopic (exact) mass is 524 g/mol. The van der Waals surface area contributed by atoms with Crippen molar-refractivity contribution in [3.8, 4) is 0 Å². The van der Waals surface area contributed by atoms with Gasteiger partial charge in [0.1, 0.15) is 0 Å². The molecule has 2 atom stereocenters. The lowest BCUT2D eigenvalue weighted by molar-refractivity contribution is -0.137. The first-order valence-corrected chi connectivity index (χ1v) is 13.8. The molecular weight excluding hydrogens is 501 g/mol. The molecule has 5 rings (SSSR count). The average Bonchev–Trinajstić information content (AvgIpc) is 3.31. The van der Waals surface area contributed by atoms with Crippen molar-refractivity contribution in [2.24, 2.45) is 4.99 Å². The highest BCUT2D eigenvalue weighted by molar-refractivity contribution is 8.15. The topological polar surface area (TPSA) is 82.1 Å². The molecule has 0 unspecified atom stereocenters. The lowest BCUT2D eigenvalue weighted by Gasteiger charge is -2.36. The van der Waals surface area contributed by atoms with E-state index in [-0.39, 0.29) is 28.7 Å². The molecule has 0 spiro atoms. The number of rotatable bonds is 3. The van der Waals surface area contributed by atoms with E-state index in [4.69, 9.17) is 0 Å². The van der Waals surface area contributed by atoms with Crippen LogP contribution in [0.15, 0.2) is 53.5 Å². The van der Waals surface area contributed by atoms with E-state index in [9.17, 15) is 26.4 Å². The molecule has 0 aliphatic carbocycles. The van der Waals surface area contributed by atoms with E-state index in [1.54, 1.807) is 35.2 Å². The molecule has 2 saturated heterocycles. The van der Waals surface area contributed by atoms with Gasteiger partial charge in [-0.1, -0.05) is 17.8 Å². The molecule has 0 aromatic heterocycles. The Morgan fingerprint density at radius 2 is 1.74 bits per heavy atom. The second kappa shape index (κ2) is 9.05. The summed E-state index contributed by atoms with van der Waals surface area (Å²) < 4.78 is 62.4. The number of fused-ring (bicyclic) bond motifs is 1. The Hall–Kier alpha value is -2.73. The van der Waals surface area contributed by atoms with E-state index in [1.807, 2.05) is 4.90 Å². The Morgan fingerprint density at radius 1 is 1.03 bits per heavy atom. The molecule has 2 fully saturated rings. The zero-order valence-corrected chi connectivity index (χ0v) is 20.2. The average molecular weight is 525 g/mol. The van der Waals surface area contributed by atoms with Crippen LogP contribution < -0.4 is 10.2 Å². The maximum atomic E-state index is 13.0. The normalized spacial score (nSPS) is 23.7. The number of hydrogen-bond acceptors (Lipinski definition) is 7. The number of benzene rings is 2. The van der Waals surface area contributed by atoms with Crippen molar-refractivity contribution in [1.29, 1.82) is 0 Å². The van der Waals surface area contributed by atoms with Crippen molar-refractivity contribution >= 4 is 44.0 Å². The van der Waals surface area contributed by atoms with Gasteiger partial charge < -0.3 is 15.1 Å². The van der Waals surface area contributed by atoms with Gasteiger partial charge in [0.05, 0.1) is 23.1 Å². The number of anilines is 2. The number of sulfone groups is 1. The molecule has 0 bridgehead atoms. The summed E-state index contributed by atoms with van der Waals surface area (Å²) in [6, 6.07) is 12.0. The number of nitrogens with one attached hydrogen (secondary N) is 1. The van der Waals surface area contributed by atoms with Crippen LogP contribution in [0.25, 0.3) is 0 Å². The second-order valence-electron chi connectivity index (χ2n) is 8.76. The van der Waals surface area contributed by atoms with Crippen molar-refractivity contribution in [2.75, 3.05) is 47.9 Å². The second-order valence-corrected chi connectivity index (χ2v) is 12.1. The molecule has 186 valence electrons. The fourth-order valence-corrected chi connectivity index (χ4v) is 8.14. The number of nitrogens with zero attached hydrogens (tertiary/aromatic N) is 3. The number of hydrogen-bond donors (Lipinski definition) is 1. The van der Waals surface area contributed by atoms with E-state index in [2.05, 4.69) is 10.3 Å². The molecular formula is C23H23F3N4O3S2. The third-order valence-corrected chi connectivity index (χ3v) is 9.45. The van der Waals surface area contributed by atoms with Gasteiger partial charge >= 0.3 is 6.18 Å². The summed E-state index contributed by atoms with van der Waals surface area (Å²) in [5, 5.41) is 3.82. The first-order chi connectivity index (χ1) is 16.6. The Bertz CT molecular complexity index is 1260. The molecule has 3 aliphatic heterocycles. The van der Waals surface area contributed by atoms with Crippen LogP contribution in [-0.2, 0) is 16.0 Å². The fourth-order valence-electron chi connectivity index (χ4n) is 4.46. The summed E-state index contributed by atoms with van der Waals surface area (Å²) in [7, 11) is -3.00. The molecule has 2 aromatic rings. The van der Waals surface area contributed by atoms with E-state index >= 15 is 0 Å². The minimum absolute atomic E-state index is 0.0436. The van der Waals surface area contributed by atoms with Crippen LogP contribution in [0.5, 0.6) is 0 Å². The third kappa shape index (κ3) is 5.27. The predicted octanol–water partition coefficient (Wildman–Crippen LogP) is 3.35. The van der Waals surface area contributed by atoms with Gasteiger partial charge in [0.2, 0.25) is 0 Å². The minimum atomic E-state index is -4.39. The quantitative estimate of drug-likeness (QED) is 0.664. The van der Waals surface area contributed by atoms with Crippen LogP contribution in [0, 0.1) is 0 Å². The molecule has 7 nitrogen and oxygen atoms in total. The van der Waals surface area contributed by atoms with Gasteiger partial charge in [0.15, 0.2) is 15.0 Å². The molecule has 1 amide bonds. The number of carbonyl (C=O) groups excluding carboxylic acids is 1. The molecule has 12 heteroatoms. The zero-order valence-electron chi connectivity index (χ0n) is 18.5. The Kier molecular flexibility index (Phi) is 6.20. The van der Waals surface area contributed by atoms with Gasteiger partial charge in [-0.2, -0.15) is 13.2 Å². The van der Waals surface area contributed by atoms with Crippen molar-refractivity contribution in [2.45, 2.75) is 17.5 Å². The van der Waals surface area contributed by atoms with E-state index < -0.39 is 21.6 Å². The van der Waals surface area contributed by atoms with Gasteiger partial charge in [-0.15, -0.1) is 0 Å². The molecule has 0 radical (unpaired) electrons. The highest BCUT2D eigenvalue weighted by atomic mass is 32.2. The van der Waals surface area contributed by atoms with Crippen molar-refractivity contribution in [1.82, 2.24) is 4.90 Å². The third-order valence-electron chi connectivity index (χ3n) is 6.31. The standard InChI is InChI=1S/C23H23F3N4O3S2/c24-23(25,26)16-2-1-3-18(12-16)29-8-10-30(11-9-29)21(31)15-4-6-17(7-5-15)27-22-28-19-13-35(32,33)14-20(19)34-22/h1-7,12,19-20H,8-11,13-14H2,(H,27,28)/t19-,20+/m1/s1. The smallest absolute Gasteiger partial charge is 0.368 e. The van der Waals surface area contributed by atoms with Crippen LogP contribution in [0.3, 0.4) is 0 Å². The number of piperazine rings is 1. The van der Waals surface area contributed by atoms with E-state index in [0.29, 0.717) is 42.6 Å². The zero-order chi connectivity index (χ0) is 24.8. The summed E-state index contributed by atoms with van der Waals surface area (Å²) in [6.45, 7) is 1.71. The number of alkyl halides is 3. The van der Waals surface area contributed by atoms with Crippen LogP contribution in [0.4, 0.5) is 24.5 Å². The summed E-state index contributed by atoms with van der Waals surface area (Å²) in [4.78, 5) is 21.0. The van der Waals surface area contributed by atoms with E-state index in [0.717, 1.165) is 17.8 Å². The summed E-state index contributed by atoms with van der Waals surface area (Å²) in [6.07, 6.45) is -4.39. The molecule has 2 aromatic carbocycles. The first kappa shape index (κ1) is 24.0. The van der Waals surface area contributed by atoms with Crippen molar-refractivity contribution in [3.05, 3.63) is 59.7 Å². The number of halogens is 3. The van der Waals surface area contributed by atoms with Crippen LogP contribution in [0.2, 0.25) is 0 Å². The highest BCUT2D eigenvalue weighted by Crippen LogP contribution is 2.35. The van der Waals surface area contributed by atoms with Crippen LogP contribution in [0.1, 0.15) is 15.9 Å². The Labute approximate surface area is 205 Å². The number of amidine groups is 1.